The Kier molecular flexibility index (Phi) is 5.22. The van der Waals surface area contributed by atoms with Crippen LogP contribution in [0, 0.1) is 0 Å². The normalized spacial score (nSPS) is 17.8. The SMILES string of the molecule is CCC(N)Cc1cccc(Cl)c1N1CCSCC1. The molecule has 2 rings (SSSR count). The molecule has 1 saturated heterocycles. The van der Waals surface area contributed by atoms with Gasteiger partial charge >= 0.3 is 0 Å². The van der Waals surface area contributed by atoms with E-state index in [4.69, 9.17) is 17.3 Å². The van der Waals surface area contributed by atoms with E-state index in [1.54, 1.807) is 0 Å². The van der Waals surface area contributed by atoms with Crippen LogP contribution in [0.4, 0.5) is 5.69 Å². The number of rotatable bonds is 4. The highest BCUT2D eigenvalue weighted by atomic mass is 35.5. The van der Waals surface area contributed by atoms with E-state index < -0.39 is 0 Å². The molecule has 1 aliphatic rings. The minimum Gasteiger partial charge on any atom is -0.368 e. The van der Waals surface area contributed by atoms with Crippen LogP contribution in [0.3, 0.4) is 0 Å². The van der Waals surface area contributed by atoms with Gasteiger partial charge in [0.1, 0.15) is 0 Å². The summed E-state index contributed by atoms with van der Waals surface area (Å²) in [4.78, 5) is 2.41. The molecule has 1 fully saturated rings. The maximum absolute atomic E-state index is 6.40. The third-order valence-electron chi connectivity index (χ3n) is 3.40. The Labute approximate surface area is 119 Å². The molecule has 1 aromatic carbocycles. The van der Waals surface area contributed by atoms with Crippen molar-refractivity contribution in [2.75, 3.05) is 29.5 Å². The lowest BCUT2D eigenvalue weighted by Crippen LogP contribution is -2.34. The van der Waals surface area contributed by atoms with Crippen LogP contribution in [0.2, 0.25) is 5.02 Å². The number of benzene rings is 1. The van der Waals surface area contributed by atoms with Crippen molar-refractivity contribution in [2.45, 2.75) is 25.8 Å². The van der Waals surface area contributed by atoms with Crippen LogP contribution in [0.5, 0.6) is 0 Å². The highest BCUT2D eigenvalue weighted by Crippen LogP contribution is 2.32. The summed E-state index contributed by atoms with van der Waals surface area (Å²) >= 11 is 8.41. The smallest absolute Gasteiger partial charge is 0.0642 e. The molecule has 1 aromatic rings. The van der Waals surface area contributed by atoms with Crippen molar-refractivity contribution < 1.29 is 0 Å². The Morgan fingerprint density at radius 1 is 1.39 bits per heavy atom. The molecule has 0 spiro atoms. The van der Waals surface area contributed by atoms with Crippen LogP contribution in [0.25, 0.3) is 0 Å². The fraction of sp³-hybridized carbons (Fsp3) is 0.571. The van der Waals surface area contributed by atoms with Gasteiger partial charge in [-0.1, -0.05) is 30.7 Å². The zero-order valence-electron chi connectivity index (χ0n) is 10.9. The highest BCUT2D eigenvalue weighted by molar-refractivity contribution is 7.99. The molecule has 0 radical (unpaired) electrons. The highest BCUT2D eigenvalue weighted by Gasteiger charge is 2.18. The molecule has 0 aromatic heterocycles. The third kappa shape index (κ3) is 3.34. The molecule has 100 valence electrons. The van der Waals surface area contributed by atoms with Crippen molar-refractivity contribution >= 4 is 29.1 Å². The Morgan fingerprint density at radius 2 is 2.11 bits per heavy atom. The summed E-state index contributed by atoms with van der Waals surface area (Å²) in [5.41, 5.74) is 8.59. The van der Waals surface area contributed by atoms with Crippen LogP contribution in [0.15, 0.2) is 18.2 Å². The maximum Gasteiger partial charge on any atom is 0.0642 e. The molecule has 18 heavy (non-hydrogen) atoms. The van der Waals surface area contributed by atoms with Crippen molar-refractivity contribution in [2.24, 2.45) is 5.73 Å². The molecule has 4 heteroatoms. The van der Waals surface area contributed by atoms with Crippen molar-refractivity contribution in [1.29, 1.82) is 0 Å². The van der Waals surface area contributed by atoms with Gasteiger partial charge in [-0.25, -0.2) is 0 Å². The van der Waals surface area contributed by atoms with Gasteiger partial charge in [-0.2, -0.15) is 11.8 Å². The summed E-state index contributed by atoms with van der Waals surface area (Å²) < 4.78 is 0. The Hall–Kier alpha value is -0.380. The summed E-state index contributed by atoms with van der Waals surface area (Å²) in [7, 11) is 0. The first-order valence-corrected chi connectivity index (χ1v) is 8.11. The van der Waals surface area contributed by atoms with Gasteiger partial charge in [0, 0.05) is 30.6 Å². The standard InChI is InChI=1S/C14H21ClN2S/c1-2-12(16)10-11-4-3-5-13(15)14(11)17-6-8-18-9-7-17/h3-5,12H,2,6-10,16H2,1H3. The largest absolute Gasteiger partial charge is 0.368 e. The molecule has 1 atom stereocenters. The van der Waals surface area contributed by atoms with Crippen LogP contribution in [0.1, 0.15) is 18.9 Å². The first-order chi connectivity index (χ1) is 8.72. The first kappa shape index (κ1) is 14.0. The van der Waals surface area contributed by atoms with E-state index in [0.717, 1.165) is 31.0 Å². The van der Waals surface area contributed by atoms with Crippen LogP contribution >= 0.6 is 23.4 Å². The van der Waals surface area contributed by atoms with Crippen LogP contribution in [-0.2, 0) is 6.42 Å². The first-order valence-electron chi connectivity index (χ1n) is 6.58. The summed E-state index contributed by atoms with van der Waals surface area (Å²) in [5.74, 6) is 2.37. The molecular formula is C14H21ClN2S. The number of halogens is 1. The number of hydrogen-bond acceptors (Lipinski definition) is 3. The van der Waals surface area contributed by atoms with Gasteiger partial charge in [0.25, 0.3) is 0 Å². The second-order valence-electron chi connectivity index (χ2n) is 4.72. The molecule has 2 N–H and O–H groups in total. The molecule has 1 aliphatic heterocycles. The average Bonchev–Trinajstić information content (AvgIpc) is 2.40. The predicted molar refractivity (Wildman–Crippen MR) is 83.0 cm³/mol. The zero-order chi connectivity index (χ0) is 13.0. The van der Waals surface area contributed by atoms with E-state index in [-0.39, 0.29) is 6.04 Å². The molecule has 1 unspecified atom stereocenters. The molecular weight excluding hydrogens is 264 g/mol. The van der Waals surface area contributed by atoms with E-state index in [1.165, 1.54) is 22.8 Å². The Balaban J connectivity index is 2.25. The quantitative estimate of drug-likeness (QED) is 0.921. The van der Waals surface area contributed by atoms with E-state index in [1.807, 2.05) is 23.9 Å². The number of nitrogens with two attached hydrogens (primary N) is 1. The number of para-hydroxylation sites is 1. The topological polar surface area (TPSA) is 29.3 Å². The number of hydrogen-bond donors (Lipinski definition) is 1. The minimum absolute atomic E-state index is 0.224. The second-order valence-corrected chi connectivity index (χ2v) is 6.35. The summed E-state index contributed by atoms with van der Waals surface area (Å²) in [6, 6.07) is 6.40. The second kappa shape index (κ2) is 6.69. The van der Waals surface area contributed by atoms with Crippen LogP contribution in [-0.4, -0.2) is 30.6 Å². The van der Waals surface area contributed by atoms with Gasteiger partial charge in [0.2, 0.25) is 0 Å². The summed E-state index contributed by atoms with van der Waals surface area (Å²) in [6.07, 6.45) is 1.91. The van der Waals surface area contributed by atoms with Gasteiger partial charge in [-0.3, -0.25) is 0 Å². The van der Waals surface area contributed by atoms with E-state index in [0.29, 0.717) is 0 Å². The summed E-state index contributed by atoms with van der Waals surface area (Å²) in [6.45, 7) is 4.30. The zero-order valence-corrected chi connectivity index (χ0v) is 12.4. The number of thioether (sulfide) groups is 1. The van der Waals surface area contributed by atoms with Crippen molar-refractivity contribution in [3.63, 3.8) is 0 Å². The van der Waals surface area contributed by atoms with Crippen molar-refractivity contribution in [3.8, 4) is 0 Å². The van der Waals surface area contributed by atoms with Crippen molar-refractivity contribution in [1.82, 2.24) is 0 Å². The number of anilines is 1. The van der Waals surface area contributed by atoms with E-state index >= 15 is 0 Å². The van der Waals surface area contributed by atoms with Crippen LogP contribution < -0.4 is 10.6 Å². The molecule has 2 nitrogen and oxygen atoms in total. The third-order valence-corrected chi connectivity index (χ3v) is 4.65. The van der Waals surface area contributed by atoms with Gasteiger partial charge in [0.15, 0.2) is 0 Å². The monoisotopic (exact) mass is 284 g/mol. The Morgan fingerprint density at radius 3 is 2.78 bits per heavy atom. The fourth-order valence-corrected chi connectivity index (χ4v) is 3.51. The lowest BCUT2D eigenvalue weighted by molar-refractivity contribution is 0.644. The lowest BCUT2D eigenvalue weighted by Gasteiger charge is -2.31. The molecule has 0 bridgehead atoms. The molecule has 0 amide bonds. The lowest BCUT2D eigenvalue weighted by atomic mass is 10.0. The van der Waals surface area contributed by atoms with Crippen molar-refractivity contribution in [3.05, 3.63) is 28.8 Å². The minimum atomic E-state index is 0.224. The fourth-order valence-electron chi connectivity index (χ4n) is 2.29. The molecule has 1 heterocycles. The van der Waals surface area contributed by atoms with Gasteiger partial charge in [0.05, 0.1) is 10.7 Å². The average molecular weight is 285 g/mol. The van der Waals surface area contributed by atoms with Gasteiger partial charge < -0.3 is 10.6 Å². The van der Waals surface area contributed by atoms with E-state index in [2.05, 4.69) is 17.9 Å². The molecule has 0 aliphatic carbocycles. The Bertz CT molecular complexity index is 391. The molecule has 0 saturated carbocycles. The maximum atomic E-state index is 6.40. The predicted octanol–water partition coefficient (Wildman–Crippen LogP) is 3.17. The number of nitrogens with zero attached hydrogens (tertiary/aromatic N) is 1. The van der Waals surface area contributed by atoms with Gasteiger partial charge in [-0.15, -0.1) is 0 Å². The summed E-state index contributed by atoms with van der Waals surface area (Å²) in [5, 5.41) is 0.864. The van der Waals surface area contributed by atoms with E-state index in [9.17, 15) is 0 Å². The van der Waals surface area contributed by atoms with Gasteiger partial charge in [-0.05, 0) is 24.5 Å².